The Balaban J connectivity index is 1.31. The van der Waals surface area contributed by atoms with Crippen molar-refractivity contribution in [1.82, 2.24) is 15.5 Å². The maximum atomic E-state index is 13.8. The van der Waals surface area contributed by atoms with Crippen molar-refractivity contribution in [3.8, 4) is 0 Å². The number of benzene rings is 2. The number of hydrogen-bond donors (Lipinski definition) is 2. The average molecular weight is 560 g/mol. The molecule has 2 aliphatic heterocycles. The third kappa shape index (κ3) is 5.47. The molecule has 0 bridgehead atoms. The molecule has 4 atom stereocenters. The zero-order valence-corrected chi connectivity index (χ0v) is 24.5. The van der Waals surface area contributed by atoms with Crippen LogP contribution in [0.4, 0.5) is 0 Å². The Morgan fingerprint density at radius 1 is 1.07 bits per heavy atom. The number of nitrogens with one attached hydrogen (secondary N) is 2. The highest BCUT2D eigenvalue weighted by atomic mass is 32.1. The molecule has 2 saturated heterocycles. The number of fused-ring (bicyclic) bond motifs is 2. The smallest absolute Gasteiger partial charge is 0.256 e. The predicted octanol–water partition coefficient (Wildman–Crippen LogP) is 4.74. The van der Waals surface area contributed by atoms with E-state index < -0.39 is 24.2 Å². The largest absolute Gasteiger partial charge is 0.342 e. The molecule has 7 nitrogen and oxygen atoms in total. The maximum Gasteiger partial charge on any atom is 0.256 e. The molecule has 0 spiro atoms. The van der Waals surface area contributed by atoms with Crippen LogP contribution in [0.1, 0.15) is 73.7 Å². The molecule has 2 fully saturated rings. The van der Waals surface area contributed by atoms with Crippen molar-refractivity contribution in [2.45, 2.75) is 77.0 Å². The molecule has 0 aliphatic carbocycles. The summed E-state index contributed by atoms with van der Waals surface area (Å²) in [5, 5.41) is 8.90. The van der Waals surface area contributed by atoms with Crippen LogP contribution in [-0.2, 0) is 15.0 Å². The minimum absolute atomic E-state index is 0.0272. The van der Waals surface area contributed by atoms with Crippen molar-refractivity contribution in [2.24, 2.45) is 5.92 Å². The van der Waals surface area contributed by atoms with E-state index in [9.17, 15) is 19.2 Å². The van der Waals surface area contributed by atoms with E-state index in [2.05, 4.69) is 31.4 Å². The van der Waals surface area contributed by atoms with E-state index in [4.69, 9.17) is 0 Å². The number of hydrogen-bond acceptors (Lipinski definition) is 6. The summed E-state index contributed by atoms with van der Waals surface area (Å²) < 4.78 is 1.02. The van der Waals surface area contributed by atoms with E-state index in [1.54, 1.807) is 17.0 Å². The zero-order chi connectivity index (χ0) is 28.8. The summed E-state index contributed by atoms with van der Waals surface area (Å²) in [5.41, 5.74) is 2.19. The van der Waals surface area contributed by atoms with Gasteiger partial charge in [0, 0.05) is 21.0 Å². The third-order valence-electron chi connectivity index (χ3n) is 8.00. The average Bonchev–Trinajstić information content (AvgIpc) is 3.61. The summed E-state index contributed by atoms with van der Waals surface area (Å²) in [5.74, 6) is -0.542. The number of nitrogens with zero attached hydrogens (tertiary/aromatic N) is 1. The lowest BCUT2D eigenvalue weighted by Gasteiger charge is -2.25. The van der Waals surface area contributed by atoms with Gasteiger partial charge in [-0.05, 0) is 47.9 Å². The summed E-state index contributed by atoms with van der Waals surface area (Å²) in [4.78, 5) is 55.0. The number of carbonyl (C=O) groups excluding carboxylic acids is 4. The lowest BCUT2D eigenvalue weighted by atomic mass is 9.86. The number of carbonyl (C=O) groups is 4. The molecule has 8 heteroatoms. The van der Waals surface area contributed by atoms with Crippen molar-refractivity contribution < 1.29 is 19.2 Å². The Morgan fingerprint density at radius 2 is 1.77 bits per heavy atom. The van der Waals surface area contributed by atoms with Crippen LogP contribution >= 0.6 is 11.3 Å². The standard InChI is InChI=1S/C32H37N3O4S/c1-18(2)14-23(34-30(38)19-10-12-20(13-11-19)32(3,4)5)29(37)24-15-25-28(33-24)26(36)16-35(25)31(39)22-17-40-27-9-7-6-8-21(22)27/h6-13,17-18,23-25,28,33H,14-16H2,1-5H3,(H,34,38)/t23-,24?,25+,28-/m0/s1. The van der Waals surface area contributed by atoms with Crippen LogP contribution in [0.15, 0.2) is 53.9 Å². The molecule has 2 amide bonds. The van der Waals surface area contributed by atoms with E-state index in [0.717, 1.165) is 15.6 Å². The van der Waals surface area contributed by atoms with Gasteiger partial charge in [-0.25, -0.2) is 0 Å². The van der Waals surface area contributed by atoms with E-state index in [1.165, 1.54) is 11.3 Å². The number of likely N-dealkylation sites (tertiary alicyclic amines) is 1. The second kappa shape index (κ2) is 10.9. The first-order valence-electron chi connectivity index (χ1n) is 13.9. The number of amides is 2. The first kappa shape index (κ1) is 28.2. The zero-order valence-electron chi connectivity index (χ0n) is 23.7. The molecule has 5 rings (SSSR count). The summed E-state index contributed by atoms with van der Waals surface area (Å²) in [7, 11) is 0. The Hall–Kier alpha value is -3.36. The highest BCUT2D eigenvalue weighted by molar-refractivity contribution is 7.17. The maximum absolute atomic E-state index is 13.8. The van der Waals surface area contributed by atoms with Crippen molar-refractivity contribution in [2.75, 3.05) is 6.54 Å². The van der Waals surface area contributed by atoms with Crippen molar-refractivity contribution in [1.29, 1.82) is 0 Å². The van der Waals surface area contributed by atoms with Gasteiger partial charge in [0.1, 0.15) is 0 Å². The monoisotopic (exact) mass is 559 g/mol. The van der Waals surface area contributed by atoms with Crippen molar-refractivity contribution >= 4 is 44.8 Å². The van der Waals surface area contributed by atoms with Crippen LogP contribution in [0.5, 0.6) is 0 Å². The third-order valence-corrected chi connectivity index (χ3v) is 8.96. The number of thiophene rings is 1. The molecular formula is C32H37N3O4S. The van der Waals surface area contributed by atoms with Gasteiger partial charge in [0.15, 0.2) is 11.6 Å². The van der Waals surface area contributed by atoms with Crippen LogP contribution in [0.25, 0.3) is 10.1 Å². The highest BCUT2D eigenvalue weighted by Gasteiger charge is 2.51. The van der Waals surface area contributed by atoms with E-state index in [0.29, 0.717) is 24.0 Å². The Bertz CT molecular complexity index is 1450. The van der Waals surface area contributed by atoms with Gasteiger partial charge in [-0.3, -0.25) is 24.5 Å². The van der Waals surface area contributed by atoms with Gasteiger partial charge in [0.25, 0.3) is 11.8 Å². The number of ketones is 2. The van der Waals surface area contributed by atoms with E-state index in [-0.39, 0.29) is 41.3 Å². The Labute approximate surface area is 239 Å². The minimum Gasteiger partial charge on any atom is -0.342 e. The van der Waals surface area contributed by atoms with Crippen LogP contribution in [0, 0.1) is 5.92 Å². The predicted molar refractivity (Wildman–Crippen MR) is 158 cm³/mol. The van der Waals surface area contributed by atoms with Crippen LogP contribution < -0.4 is 10.6 Å². The van der Waals surface area contributed by atoms with Gasteiger partial charge in [0.05, 0.1) is 36.3 Å². The van der Waals surface area contributed by atoms with Gasteiger partial charge in [-0.15, -0.1) is 11.3 Å². The molecule has 2 aromatic carbocycles. The fourth-order valence-corrected chi connectivity index (χ4v) is 6.75. The van der Waals surface area contributed by atoms with E-state index >= 15 is 0 Å². The minimum atomic E-state index is -0.703. The molecule has 3 heterocycles. The first-order valence-corrected chi connectivity index (χ1v) is 14.8. The SMILES string of the molecule is CC(C)C[C@H](NC(=O)c1ccc(C(C)(C)C)cc1)C(=O)C1C[C@@H]2[C@H](N1)C(=O)CN2C(=O)c1csc2ccccc12. The van der Waals surface area contributed by atoms with Crippen molar-refractivity contribution in [3.63, 3.8) is 0 Å². The second-order valence-corrected chi connectivity index (χ2v) is 13.3. The Kier molecular flexibility index (Phi) is 7.68. The molecule has 210 valence electrons. The van der Waals surface area contributed by atoms with Gasteiger partial charge in [-0.2, -0.15) is 0 Å². The fraction of sp³-hybridized carbons (Fsp3) is 0.438. The summed E-state index contributed by atoms with van der Waals surface area (Å²) in [6.45, 7) is 10.4. The van der Waals surface area contributed by atoms with Crippen molar-refractivity contribution in [3.05, 3.63) is 70.6 Å². The molecule has 0 saturated carbocycles. The topological polar surface area (TPSA) is 95.6 Å². The molecule has 3 aromatic rings. The molecule has 1 unspecified atom stereocenters. The van der Waals surface area contributed by atoms with Crippen LogP contribution in [0.3, 0.4) is 0 Å². The molecule has 40 heavy (non-hydrogen) atoms. The highest BCUT2D eigenvalue weighted by Crippen LogP contribution is 2.32. The number of rotatable bonds is 7. The lowest BCUT2D eigenvalue weighted by Crippen LogP contribution is -2.50. The summed E-state index contributed by atoms with van der Waals surface area (Å²) >= 11 is 1.51. The fourth-order valence-electron chi connectivity index (χ4n) is 5.81. The van der Waals surface area contributed by atoms with Crippen LogP contribution in [-0.4, -0.2) is 59.0 Å². The Morgan fingerprint density at radius 3 is 2.45 bits per heavy atom. The molecular weight excluding hydrogens is 522 g/mol. The van der Waals surface area contributed by atoms with Gasteiger partial charge >= 0.3 is 0 Å². The van der Waals surface area contributed by atoms with Crippen LogP contribution in [0.2, 0.25) is 0 Å². The molecule has 2 aliphatic rings. The molecule has 2 N–H and O–H groups in total. The lowest BCUT2D eigenvalue weighted by molar-refractivity contribution is -0.123. The number of Topliss-reactive ketones (excluding diaryl/α,β-unsaturated/α-hetero) is 2. The summed E-state index contributed by atoms with van der Waals surface area (Å²) in [6.07, 6.45) is 0.823. The molecule has 0 radical (unpaired) electrons. The summed E-state index contributed by atoms with van der Waals surface area (Å²) in [6, 6.07) is 12.9. The first-order chi connectivity index (χ1) is 18.9. The molecule has 1 aromatic heterocycles. The van der Waals surface area contributed by atoms with Gasteiger partial charge < -0.3 is 10.2 Å². The van der Waals surface area contributed by atoms with E-state index in [1.807, 2.05) is 55.6 Å². The van der Waals surface area contributed by atoms with Gasteiger partial charge in [0.2, 0.25) is 0 Å². The quantitative estimate of drug-likeness (QED) is 0.436. The van der Waals surface area contributed by atoms with Gasteiger partial charge in [-0.1, -0.05) is 65.0 Å². The second-order valence-electron chi connectivity index (χ2n) is 12.4. The normalized spacial score (nSPS) is 21.6.